The molecule has 4 aromatic rings. The lowest BCUT2D eigenvalue weighted by atomic mass is 10.1. The van der Waals surface area contributed by atoms with E-state index in [9.17, 15) is 4.79 Å². The zero-order valence-electron chi connectivity index (χ0n) is 17.6. The number of para-hydroxylation sites is 1. The Labute approximate surface area is 185 Å². The lowest BCUT2D eigenvalue weighted by Crippen LogP contribution is -2.12. The van der Waals surface area contributed by atoms with Crippen molar-refractivity contribution in [3.63, 3.8) is 0 Å². The summed E-state index contributed by atoms with van der Waals surface area (Å²) in [5.74, 6) is 0.811. The van der Waals surface area contributed by atoms with Gasteiger partial charge in [-0.25, -0.2) is 4.68 Å². The molecule has 0 unspecified atom stereocenters. The van der Waals surface area contributed by atoms with Gasteiger partial charge in [-0.1, -0.05) is 24.3 Å². The summed E-state index contributed by atoms with van der Waals surface area (Å²) in [7, 11) is 3.13. The summed E-state index contributed by atoms with van der Waals surface area (Å²) >= 11 is 0. The first-order valence-corrected chi connectivity index (χ1v) is 9.82. The second-order valence-corrected chi connectivity index (χ2v) is 6.88. The molecule has 0 aliphatic carbocycles. The van der Waals surface area contributed by atoms with E-state index in [1.807, 2.05) is 36.4 Å². The quantitative estimate of drug-likeness (QED) is 0.485. The maximum absolute atomic E-state index is 13.3. The van der Waals surface area contributed by atoms with Crippen LogP contribution in [0.15, 0.2) is 79.0 Å². The maximum Gasteiger partial charge on any atom is 0.259 e. The summed E-state index contributed by atoms with van der Waals surface area (Å²) < 4.78 is 12.5. The second kappa shape index (κ2) is 9.06. The van der Waals surface area contributed by atoms with Crippen molar-refractivity contribution in [2.45, 2.75) is 0 Å². The van der Waals surface area contributed by atoms with Crippen molar-refractivity contribution < 1.29 is 14.3 Å². The number of rotatable bonds is 6. The van der Waals surface area contributed by atoms with Gasteiger partial charge >= 0.3 is 0 Å². The Bertz CT molecular complexity index is 1310. The van der Waals surface area contributed by atoms with Gasteiger partial charge in [0.2, 0.25) is 0 Å². The van der Waals surface area contributed by atoms with E-state index >= 15 is 0 Å². The predicted molar refractivity (Wildman–Crippen MR) is 121 cm³/mol. The molecule has 0 aliphatic rings. The van der Waals surface area contributed by atoms with Crippen LogP contribution in [0.5, 0.6) is 11.5 Å². The average molecular weight is 424 g/mol. The summed E-state index contributed by atoms with van der Waals surface area (Å²) in [6, 6.07) is 23.7. The minimum atomic E-state index is -0.352. The SMILES string of the molecule is COc1ccc(-c2nn(-c3ccccc3)cc2C(=O)Nc2cccc(C#N)c2)c(OC)c1. The number of hydrogen-bond acceptors (Lipinski definition) is 5. The summed E-state index contributed by atoms with van der Waals surface area (Å²) in [6.45, 7) is 0. The molecule has 0 fully saturated rings. The first-order chi connectivity index (χ1) is 15.6. The molecule has 3 aromatic carbocycles. The number of benzene rings is 3. The monoisotopic (exact) mass is 424 g/mol. The number of nitriles is 1. The molecule has 1 aromatic heterocycles. The Morgan fingerprint density at radius 3 is 2.53 bits per heavy atom. The second-order valence-electron chi connectivity index (χ2n) is 6.88. The van der Waals surface area contributed by atoms with E-state index in [1.54, 1.807) is 61.5 Å². The third-order valence-corrected chi connectivity index (χ3v) is 4.89. The van der Waals surface area contributed by atoms with Crippen molar-refractivity contribution >= 4 is 11.6 Å². The van der Waals surface area contributed by atoms with E-state index in [0.717, 1.165) is 5.69 Å². The third kappa shape index (κ3) is 4.16. The molecule has 0 saturated carbocycles. The van der Waals surface area contributed by atoms with Crippen molar-refractivity contribution in [2.75, 3.05) is 19.5 Å². The molecule has 1 heterocycles. The van der Waals surface area contributed by atoms with Gasteiger partial charge in [0.1, 0.15) is 17.2 Å². The molecule has 1 N–H and O–H groups in total. The van der Waals surface area contributed by atoms with Gasteiger partial charge < -0.3 is 14.8 Å². The lowest BCUT2D eigenvalue weighted by Gasteiger charge is -2.10. The molecule has 1 amide bonds. The van der Waals surface area contributed by atoms with E-state index in [2.05, 4.69) is 11.4 Å². The summed E-state index contributed by atoms with van der Waals surface area (Å²) in [5.41, 5.74) is 3.27. The Morgan fingerprint density at radius 2 is 1.81 bits per heavy atom. The molecule has 0 bridgehead atoms. The Hall–Kier alpha value is -4.57. The number of ether oxygens (including phenoxy) is 2. The molecule has 0 aliphatic heterocycles. The van der Waals surface area contributed by atoms with Gasteiger partial charge in [0.05, 0.1) is 37.1 Å². The Kier molecular flexibility index (Phi) is 5.86. The maximum atomic E-state index is 13.3. The largest absolute Gasteiger partial charge is 0.497 e. The highest BCUT2D eigenvalue weighted by molar-refractivity contribution is 6.08. The van der Waals surface area contributed by atoms with Gasteiger partial charge in [-0.15, -0.1) is 0 Å². The van der Waals surface area contributed by atoms with E-state index in [4.69, 9.17) is 19.8 Å². The van der Waals surface area contributed by atoms with Crippen LogP contribution in [-0.2, 0) is 0 Å². The van der Waals surface area contributed by atoms with Crippen molar-refractivity contribution in [3.8, 4) is 34.5 Å². The molecule has 0 radical (unpaired) electrons. The fraction of sp³-hybridized carbons (Fsp3) is 0.0800. The molecule has 0 atom stereocenters. The van der Waals surface area contributed by atoms with Gasteiger partial charge in [-0.2, -0.15) is 10.4 Å². The van der Waals surface area contributed by atoms with Gasteiger partial charge in [0.25, 0.3) is 5.91 Å². The smallest absolute Gasteiger partial charge is 0.259 e. The molecule has 0 saturated heterocycles. The average Bonchev–Trinajstić information content (AvgIpc) is 3.29. The number of hydrogen-bond donors (Lipinski definition) is 1. The zero-order chi connectivity index (χ0) is 22.5. The normalized spacial score (nSPS) is 10.3. The van der Waals surface area contributed by atoms with Crippen LogP contribution < -0.4 is 14.8 Å². The van der Waals surface area contributed by atoms with Crippen LogP contribution in [0.2, 0.25) is 0 Å². The fourth-order valence-corrected chi connectivity index (χ4v) is 3.31. The highest BCUT2D eigenvalue weighted by Gasteiger charge is 2.22. The number of nitrogens with one attached hydrogen (secondary N) is 1. The number of carbonyl (C=O) groups excluding carboxylic acids is 1. The van der Waals surface area contributed by atoms with Crippen molar-refractivity contribution in [1.82, 2.24) is 9.78 Å². The molecule has 7 nitrogen and oxygen atoms in total. The third-order valence-electron chi connectivity index (χ3n) is 4.89. The Morgan fingerprint density at radius 1 is 1.00 bits per heavy atom. The predicted octanol–water partition coefficient (Wildman–Crippen LogP) is 4.68. The van der Waals surface area contributed by atoms with E-state index in [1.165, 1.54) is 0 Å². The molecule has 158 valence electrons. The van der Waals surface area contributed by atoms with Gasteiger partial charge in [-0.05, 0) is 42.5 Å². The van der Waals surface area contributed by atoms with Crippen LogP contribution in [0.25, 0.3) is 16.9 Å². The van der Waals surface area contributed by atoms with Crippen molar-refractivity contribution in [3.05, 3.63) is 90.1 Å². The minimum absolute atomic E-state index is 0.352. The Balaban J connectivity index is 1.81. The van der Waals surface area contributed by atoms with Crippen molar-refractivity contribution in [2.24, 2.45) is 0 Å². The van der Waals surface area contributed by atoms with Crippen LogP contribution in [0.1, 0.15) is 15.9 Å². The zero-order valence-corrected chi connectivity index (χ0v) is 17.6. The first kappa shape index (κ1) is 20.7. The van der Waals surface area contributed by atoms with E-state index in [0.29, 0.717) is 39.6 Å². The van der Waals surface area contributed by atoms with Crippen LogP contribution in [0.3, 0.4) is 0 Å². The van der Waals surface area contributed by atoms with Crippen LogP contribution in [-0.4, -0.2) is 29.9 Å². The van der Waals surface area contributed by atoms with Crippen LogP contribution in [0, 0.1) is 11.3 Å². The summed E-state index contributed by atoms with van der Waals surface area (Å²) in [5, 5.41) is 16.7. The lowest BCUT2D eigenvalue weighted by molar-refractivity contribution is 0.102. The van der Waals surface area contributed by atoms with Gasteiger partial charge in [-0.3, -0.25) is 4.79 Å². The topological polar surface area (TPSA) is 89.2 Å². The number of anilines is 1. The first-order valence-electron chi connectivity index (χ1n) is 9.82. The molecule has 32 heavy (non-hydrogen) atoms. The summed E-state index contributed by atoms with van der Waals surface area (Å²) in [6.07, 6.45) is 1.68. The highest BCUT2D eigenvalue weighted by Crippen LogP contribution is 2.35. The van der Waals surface area contributed by atoms with E-state index in [-0.39, 0.29) is 5.91 Å². The minimum Gasteiger partial charge on any atom is -0.497 e. The standard InChI is InChI=1S/C25H20N4O3/c1-31-20-11-12-21(23(14-20)32-2)24-22(16-29(28-24)19-9-4-3-5-10-19)25(30)27-18-8-6-7-17(13-18)15-26/h3-14,16H,1-2H3,(H,27,30). The molecular formula is C25H20N4O3. The van der Waals surface area contributed by atoms with Crippen LogP contribution >= 0.6 is 0 Å². The number of carbonyl (C=O) groups is 1. The molecule has 0 spiro atoms. The van der Waals surface area contributed by atoms with Crippen molar-refractivity contribution in [1.29, 1.82) is 5.26 Å². The number of aromatic nitrogens is 2. The fourth-order valence-electron chi connectivity index (χ4n) is 3.31. The molecule has 4 rings (SSSR count). The van der Waals surface area contributed by atoms with Gasteiger partial charge in [0, 0.05) is 23.5 Å². The number of amides is 1. The van der Waals surface area contributed by atoms with Crippen LogP contribution in [0.4, 0.5) is 5.69 Å². The van der Waals surface area contributed by atoms with E-state index < -0.39 is 0 Å². The van der Waals surface area contributed by atoms with Gasteiger partial charge in [0.15, 0.2) is 0 Å². The number of methoxy groups -OCH3 is 2. The highest BCUT2D eigenvalue weighted by atomic mass is 16.5. The number of nitrogens with zero attached hydrogens (tertiary/aromatic N) is 3. The molecule has 7 heteroatoms. The summed E-state index contributed by atoms with van der Waals surface area (Å²) in [4.78, 5) is 13.3. The molecular weight excluding hydrogens is 404 g/mol.